The summed E-state index contributed by atoms with van der Waals surface area (Å²) < 4.78 is 10.9. The van der Waals surface area contributed by atoms with Crippen LogP contribution in [0.1, 0.15) is 27.7 Å². The molecule has 0 aliphatic carbocycles. The lowest BCUT2D eigenvalue weighted by Crippen LogP contribution is -2.03. The number of nitrogens with zero attached hydrogens (tertiary/aromatic N) is 1. The number of para-hydroxylation sites is 1. The van der Waals surface area contributed by atoms with Crippen molar-refractivity contribution in [1.82, 2.24) is 0 Å². The molecule has 0 spiro atoms. The van der Waals surface area contributed by atoms with E-state index in [0.717, 1.165) is 27.6 Å². The molecule has 1 heterocycles. The number of thiophene rings is 1. The predicted octanol–water partition coefficient (Wildman–Crippen LogP) is 5.78. The van der Waals surface area contributed by atoms with Crippen LogP contribution in [0.25, 0.3) is 0 Å². The third-order valence-electron chi connectivity index (χ3n) is 3.54. The Morgan fingerprint density at radius 3 is 2.62 bits per heavy atom. The van der Waals surface area contributed by atoms with Crippen molar-refractivity contribution in [2.24, 2.45) is 4.99 Å². The van der Waals surface area contributed by atoms with Crippen LogP contribution < -0.4 is 4.74 Å². The van der Waals surface area contributed by atoms with Crippen molar-refractivity contribution < 1.29 is 14.3 Å². The zero-order valence-corrected chi connectivity index (χ0v) is 15.5. The van der Waals surface area contributed by atoms with Gasteiger partial charge in [0, 0.05) is 6.21 Å². The van der Waals surface area contributed by atoms with Crippen LogP contribution in [0, 0.1) is 6.92 Å². The SMILES string of the molecule is CCOC(=O)c1sc(N=Cc2cccc(Oc3ccccc3)c2)cc1C. The zero-order chi connectivity index (χ0) is 18.4. The lowest BCUT2D eigenvalue weighted by molar-refractivity contribution is 0.0531. The van der Waals surface area contributed by atoms with Gasteiger partial charge in [0.1, 0.15) is 21.4 Å². The summed E-state index contributed by atoms with van der Waals surface area (Å²) in [5.74, 6) is 1.24. The first-order valence-corrected chi connectivity index (χ1v) is 9.12. The van der Waals surface area contributed by atoms with E-state index in [-0.39, 0.29) is 5.97 Å². The molecule has 0 bridgehead atoms. The van der Waals surface area contributed by atoms with Gasteiger partial charge in [-0.25, -0.2) is 9.79 Å². The van der Waals surface area contributed by atoms with Gasteiger partial charge in [0.25, 0.3) is 0 Å². The number of aliphatic imine (C=N–C) groups is 1. The topological polar surface area (TPSA) is 47.9 Å². The molecule has 0 atom stereocenters. The van der Waals surface area contributed by atoms with E-state index in [9.17, 15) is 4.79 Å². The van der Waals surface area contributed by atoms with Gasteiger partial charge in [-0.1, -0.05) is 30.3 Å². The highest BCUT2D eigenvalue weighted by atomic mass is 32.1. The molecule has 132 valence electrons. The van der Waals surface area contributed by atoms with Crippen LogP contribution in [0.4, 0.5) is 5.00 Å². The number of benzene rings is 2. The van der Waals surface area contributed by atoms with Crippen molar-refractivity contribution >= 4 is 28.5 Å². The lowest BCUT2D eigenvalue weighted by Gasteiger charge is -2.05. The second-order valence-corrected chi connectivity index (χ2v) is 6.59. The summed E-state index contributed by atoms with van der Waals surface area (Å²) in [6, 6.07) is 19.2. The zero-order valence-electron chi connectivity index (χ0n) is 14.6. The number of carbonyl (C=O) groups is 1. The summed E-state index contributed by atoms with van der Waals surface area (Å²) in [6.45, 7) is 4.05. The van der Waals surface area contributed by atoms with Gasteiger partial charge in [-0.05, 0) is 55.3 Å². The van der Waals surface area contributed by atoms with Crippen molar-refractivity contribution in [3.05, 3.63) is 76.7 Å². The molecule has 4 nitrogen and oxygen atoms in total. The minimum atomic E-state index is -0.297. The van der Waals surface area contributed by atoms with Crippen molar-refractivity contribution in [3.63, 3.8) is 0 Å². The normalized spacial score (nSPS) is 10.8. The number of ether oxygens (including phenoxy) is 2. The number of aryl methyl sites for hydroxylation is 1. The molecule has 5 heteroatoms. The van der Waals surface area contributed by atoms with E-state index < -0.39 is 0 Å². The molecule has 1 aromatic heterocycles. The Bertz CT molecular complexity index is 916. The molecule has 0 unspecified atom stereocenters. The molecule has 0 saturated heterocycles. The molecule has 26 heavy (non-hydrogen) atoms. The van der Waals surface area contributed by atoms with Crippen molar-refractivity contribution in [2.75, 3.05) is 6.61 Å². The molecule has 0 radical (unpaired) electrons. The van der Waals surface area contributed by atoms with E-state index in [1.54, 1.807) is 13.1 Å². The van der Waals surface area contributed by atoms with Crippen LogP contribution in [-0.2, 0) is 4.74 Å². The van der Waals surface area contributed by atoms with Crippen LogP contribution >= 0.6 is 11.3 Å². The summed E-state index contributed by atoms with van der Waals surface area (Å²) in [6.07, 6.45) is 1.76. The minimum absolute atomic E-state index is 0.297. The summed E-state index contributed by atoms with van der Waals surface area (Å²) in [5.41, 5.74) is 1.80. The first kappa shape index (κ1) is 17.9. The molecule has 0 aliphatic rings. The Kier molecular flexibility index (Phi) is 5.81. The first-order chi connectivity index (χ1) is 12.7. The van der Waals surface area contributed by atoms with Crippen molar-refractivity contribution in [3.8, 4) is 11.5 Å². The maximum absolute atomic E-state index is 11.9. The summed E-state index contributed by atoms with van der Waals surface area (Å²) in [7, 11) is 0. The van der Waals surface area contributed by atoms with Gasteiger partial charge in [0.15, 0.2) is 0 Å². The molecule has 3 rings (SSSR count). The second kappa shape index (κ2) is 8.45. The maximum Gasteiger partial charge on any atom is 0.348 e. The van der Waals surface area contributed by atoms with E-state index in [1.165, 1.54) is 11.3 Å². The number of rotatable bonds is 6. The van der Waals surface area contributed by atoms with Gasteiger partial charge < -0.3 is 9.47 Å². The van der Waals surface area contributed by atoms with E-state index in [4.69, 9.17) is 9.47 Å². The molecule has 0 aliphatic heterocycles. The lowest BCUT2D eigenvalue weighted by atomic mass is 10.2. The second-order valence-electron chi connectivity index (χ2n) is 5.56. The quantitative estimate of drug-likeness (QED) is 0.411. The summed E-state index contributed by atoms with van der Waals surface area (Å²) >= 11 is 1.33. The van der Waals surface area contributed by atoms with Gasteiger partial charge in [0.2, 0.25) is 0 Å². The fourth-order valence-corrected chi connectivity index (χ4v) is 3.26. The van der Waals surface area contributed by atoms with E-state index in [2.05, 4.69) is 4.99 Å². The van der Waals surface area contributed by atoms with Crippen LogP contribution in [0.5, 0.6) is 11.5 Å². The monoisotopic (exact) mass is 365 g/mol. The number of hydrogen-bond acceptors (Lipinski definition) is 5. The third-order valence-corrected chi connectivity index (χ3v) is 4.67. The highest BCUT2D eigenvalue weighted by Gasteiger charge is 2.14. The first-order valence-electron chi connectivity index (χ1n) is 8.30. The smallest absolute Gasteiger partial charge is 0.348 e. The average molecular weight is 365 g/mol. The Labute approximate surface area is 156 Å². The van der Waals surface area contributed by atoms with Crippen LogP contribution in [-0.4, -0.2) is 18.8 Å². The Morgan fingerprint density at radius 2 is 1.85 bits per heavy atom. The maximum atomic E-state index is 11.9. The predicted molar refractivity (Wildman–Crippen MR) is 105 cm³/mol. The largest absolute Gasteiger partial charge is 0.462 e. The third kappa shape index (κ3) is 4.58. The van der Waals surface area contributed by atoms with Crippen LogP contribution in [0.15, 0.2) is 65.7 Å². The summed E-state index contributed by atoms with van der Waals surface area (Å²) in [4.78, 5) is 17.0. The minimum Gasteiger partial charge on any atom is -0.462 e. The summed E-state index contributed by atoms with van der Waals surface area (Å²) in [5, 5.41) is 0.764. The van der Waals surface area contributed by atoms with Crippen molar-refractivity contribution in [2.45, 2.75) is 13.8 Å². The Balaban J connectivity index is 1.74. The highest BCUT2D eigenvalue weighted by molar-refractivity contribution is 7.17. The van der Waals surface area contributed by atoms with Gasteiger partial charge in [-0.15, -0.1) is 11.3 Å². The van der Waals surface area contributed by atoms with Gasteiger partial charge >= 0.3 is 5.97 Å². The molecule has 3 aromatic rings. The molecule has 0 amide bonds. The molecule has 0 N–H and O–H groups in total. The van der Waals surface area contributed by atoms with Gasteiger partial charge in [-0.2, -0.15) is 0 Å². The number of esters is 1. The molecule has 0 fully saturated rings. The van der Waals surface area contributed by atoms with Crippen LogP contribution in [0.3, 0.4) is 0 Å². The van der Waals surface area contributed by atoms with E-state index >= 15 is 0 Å². The standard InChI is InChI=1S/C21H19NO3S/c1-3-24-21(23)20-15(2)12-19(26-20)22-14-16-8-7-11-18(13-16)25-17-9-5-4-6-10-17/h4-14H,3H2,1-2H3. The van der Waals surface area contributed by atoms with E-state index in [1.807, 2.05) is 67.6 Å². The Hall–Kier alpha value is -2.92. The number of carbonyl (C=O) groups excluding carboxylic acids is 1. The fourth-order valence-electron chi connectivity index (χ4n) is 2.35. The average Bonchev–Trinajstić information content (AvgIpc) is 3.02. The Morgan fingerprint density at radius 1 is 1.08 bits per heavy atom. The van der Waals surface area contributed by atoms with Crippen molar-refractivity contribution in [1.29, 1.82) is 0 Å². The fraction of sp³-hybridized carbons (Fsp3) is 0.143. The molecular weight excluding hydrogens is 346 g/mol. The molecular formula is C21H19NO3S. The van der Waals surface area contributed by atoms with E-state index in [0.29, 0.717) is 11.5 Å². The molecule has 2 aromatic carbocycles. The number of hydrogen-bond donors (Lipinski definition) is 0. The van der Waals surface area contributed by atoms with Gasteiger partial charge in [-0.3, -0.25) is 0 Å². The van der Waals surface area contributed by atoms with Crippen LogP contribution in [0.2, 0.25) is 0 Å². The molecule has 0 saturated carbocycles. The highest BCUT2D eigenvalue weighted by Crippen LogP contribution is 2.30. The van der Waals surface area contributed by atoms with Gasteiger partial charge in [0.05, 0.1) is 6.61 Å².